The van der Waals surface area contributed by atoms with Crippen molar-refractivity contribution in [3.8, 4) is 0 Å². The van der Waals surface area contributed by atoms with Crippen molar-refractivity contribution in [2.45, 2.75) is 34.1 Å². The number of anilines is 1. The van der Waals surface area contributed by atoms with Gasteiger partial charge in [0, 0.05) is 12.2 Å². The van der Waals surface area contributed by atoms with Crippen molar-refractivity contribution in [3.05, 3.63) is 39.5 Å². The lowest BCUT2D eigenvalue weighted by Crippen LogP contribution is -2.45. The minimum Gasteiger partial charge on any atom is -0.334 e. The van der Waals surface area contributed by atoms with Crippen LogP contribution >= 0.6 is 23.2 Å². The molecule has 110 valence electrons. The van der Waals surface area contributed by atoms with Crippen LogP contribution in [0.2, 0.25) is 10.0 Å². The van der Waals surface area contributed by atoms with Crippen molar-refractivity contribution in [2.24, 2.45) is 0 Å². The van der Waals surface area contributed by atoms with Crippen molar-refractivity contribution >= 4 is 34.9 Å². The average molecular weight is 315 g/mol. The molecule has 0 saturated heterocycles. The van der Waals surface area contributed by atoms with Gasteiger partial charge in [0.2, 0.25) is 0 Å². The van der Waals surface area contributed by atoms with E-state index in [1.165, 1.54) is 0 Å². The van der Waals surface area contributed by atoms with Gasteiger partial charge in [-0.2, -0.15) is 0 Å². The minimum atomic E-state index is -0.188. The van der Waals surface area contributed by atoms with Crippen LogP contribution in [0.25, 0.3) is 0 Å². The van der Waals surface area contributed by atoms with E-state index in [0.717, 1.165) is 17.7 Å². The molecule has 5 heteroatoms. The van der Waals surface area contributed by atoms with Gasteiger partial charge in [-0.05, 0) is 31.1 Å². The third-order valence-electron chi connectivity index (χ3n) is 2.97. The molecule has 0 radical (unpaired) electrons. The topological polar surface area (TPSA) is 32.3 Å². The zero-order valence-electron chi connectivity index (χ0n) is 12.3. The maximum Gasteiger partial charge on any atom is 0.326 e. The smallest absolute Gasteiger partial charge is 0.326 e. The number of halogens is 2. The summed E-state index contributed by atoms with van der Waals surface area (Å²) in [5.74, 6) is 0. The summed E-state index contributed by atoms with van der Waals surface area (Å²) in [6, 6.07) is 5.03. The predicted molar refractivity (Wildman–Crippen MR) is 86.7 cm³/mol. The van der Waals surface area contributed by atoms with E-state index in [4.69, 9.17) is 23.2 Å². The summed E-state index contributed by atoms with van der Waals surface area (Å²) in [4.78, 5) is 13.7. The molecule has 2 amide bonds. The molecule has 1 heterocycles. The molecule has 3 nitrogen and oxygen atoms in total. The van der Waals surface area contributed by atoms with E-state index in [1.807, 2.05) is 27.7 Å². The maximum absolute atomic E-state index is 12.1. The van der Waals surface area contributed by atoms with Crippen molar-refractivity contribution < 1.29 is 4.79 Å². The largest absolute Gasteiger partial charge is 0.334 e. The second-order valence-electron chi connectivity index (χ2n) is 4.14. The van der Waals surface area contributed by atoms with Crippen LogP contribution < -0.4 is 10.2 Å². The SMILES string of the molecule is CC.CCC1=C(C)CNC(=O)N1c1c(Cl)cccc1Cl. The van der Waals surface area contributed by atoms with Gasteiger partial charge in [0.1, 0.15) is 0 Å². The third-order valence-corrected chi connectivity index (χ3v) is 3.58. The Kier molecular flexibility index (Phi) is 6.37. The molecular weight excluding hydrogens is 295 g/mol. The predicted octanol–water partition coefficient (Wildman–Crippen LogP) is 5.23. The molecule has 1 aliphatic rings. The van der Waals surface area contributed by atoms with Crippen LogP contribution in [0.4, 0.5) is 10.5 Å². The van der Waals surface area contributed by atoms with Crippen LogP contribution in [-0.4, -0.2) is 12.6 Å². The van der Waals surface area contributed by atoms with Gasteiger partial charge < -0.3 is 5.32 Å². The Labute approximate surface area is 130 Å². The van der Waals surface area contributed by atoms with Gasteiger partial charge in [-0.15, -0.1) is 0 Å². The number of hydrogen-bond acceptors (Lipinski definition) is 1. The molecule has 0 unspecified atom stereocenters. The molecule has 0 aliphatic carbocycles. The number of nitrogens with one attached hydrogen (secondary N) is 1. The first-order valence-electron chi connectivity index (χ1n) is 6.76. The number of urea groups is 1. The number of para-hydroxylation sites is 1. The highest BCUT2D eigenvalue weighted by atomic mass is 35.5. The van der Waals surface area contributed by atoms with E-state index in [9.17, 15) is 4.79 Å². The lowest BCUT2D eigenvalue weighted by atomic mass is 10.1. The van der Waals surface area contributed by atoms with E-state index >= 15 is 0 Å². The summed E-state index contributed by atoms with van der Waals surface area (Å²) >= 11 is 12.3. The number of allylic oxidation sites excluding steroid dienone is 1. The summed E-state index contributed by atoms with van der Waals surface area (Å²) in [5, 5.41) is 3.75. The van der Waals surface area contributed by atoms with Gasteiger partial charge >= 0.3 is 6.03 Å². The fourth-order valence-electron chi connectivity index (χ4n) is 2.10. The van der Waals surface area contributed by atoms with Gasteiger partial charge in [0.15, 0.2) is 0 Å². The molecule has 1 N–H and O–H groups in total. The van der Waals surface area contributed by atoms with Gasteiger partial charge in [0.05, 0.1) is 15.7 Å². The summed E-state index contributed by atoms with van der Waals surface area (Å²) in [7, 11) is 0. The van der Waals surface area contributed by atoms with Gasteiger partial charge in [-0.25, -0.2) is 4.79 Å². The summed E-state index contributed by atoms with van der Waals surface area (Å²) < 4.78 is 0. The molecule has 0 saturated carbocycles. The molecule has 1 aromatic carbocycles. The van der Waals surface area contributed by atoms with Gasteiger partial charge in [0.25, 0.3) is 0 Å². The second kappa shape index (κ2) is 7.55. The van der Waals surface area contributed by atoms with Crippen molar-refractivity contribution in [1.82, 2.24) is 5.32 Å². The summed E-state index contributed by atoms with van der Waals surface area (Å²) in [6.45, 7) is 8.58. The highest BCUT2D eigenvalue weighted by molar-refractivity contribution is 6.40. The summed E-state index contributed by atoms with van der Waals surface area (Å²) in [5.41, 5.74) is 2.62. The molecule has 0 aromatic heterocycles. The Hall–Kier alpha value is -1.19. The molecule has 1 aromatic rings. The van der Waals surface area contributed by atoms with E-state index < -0.39 is 0 Å². The molecule has 20 heavy (non-hydrogen) atoms. The Balaban J connectivity index is 0.000000956. The number of nitrogens with zero attached hydrogens (tertiary/aromatic N) is 1. The fourth-order valence-corrected chi connectivity index (χ4v) is 2.67. The van der Waals surface area contributed by atoms with Crippen LogP contribution in [-0.2, 0) is 0 Å². The van der Waals surface area contributed by atoms with Gasteiger partial charge in [-0.1, -0.05) is 50.0 Å². The normalized spacial score (nSPS) is 14.7. The quantitative estimate of drug-likeness (QED) is 0.796. The minimum absolute atomic E-state index is 0.188. The number of carbonyl (C=O) groups excluding carboxylic acids is 1. The first-order valence-corrected chi connectivity index (χ1v) is 7.52. The zero-order chi connectivity index (χ0) is 15.3. The Bertz CT molecular complexity index is 506. The van der Waals surface area contributed by atoms with Crippen LogP contribution in [0.1, 0.15) is 34.1 Å². The average Bonchev–Trinajstić information content (AvgIpc) is 2.44. The number of carbonyl (C=O) groups is 1. The van der Waals surface area contributed by atoms with Crippen molar-refractivity contribution in [3.63, 3.8) is 0 Å². The number of hydrogen-bond donors (Lipinski definition) is 1. The van der Waals surface area contributed by atoms with Crippen molar-refractivity contribution in [1.29, 1.82) is 0 Å². The van der Waals surface area contributed by atoms with E-state index in [2.05, 4.69) is 5.32 Å². The molecule has 0 atom stereocenters. The standard InChI is InChI=1S/C13H14Cl2N2O.C2H6/c1-3-11-8(2)7-16-13(18)17(11)12-9(14)5-4-6-10(12)15;1-2/h4-6H,3,7H2,1-2H3,(H,16,18);1-2H3. The van der Waals surface area contributed by atoms with Crippen molar-refractivity contribution in [2.75, 3.05) is 11.4 Å². The molecule has 0 fully saturated rings. The van der Waals surface area contributed by atoms with Crippen LogP contribution in [0.15, 0.2) is 29.5 Å². The number of rotatable bonds is 2. The molecule has 1 aliphatic heterocycles. The fraction of sp³-hybridized carbons (Fsp3) is 0.400. The summed E-state index contributed by atoms with van der Waals surface area (Å²) in [6.07, 6.45) is 0.751. The van der Waals surface area contributed by atoms with Crippen LogP contribution in [0, 0.1) is 0 Å². The lowest BCUT2D eigenvalue weighted by Gasteiger charge is -2.32. The van der Waals surface area contributed by atoms with E-state index in [1.54, 1.807) is 23.1 Å². The van der Waals surface area contributed by atoms with Crippen LogP contribution in [0.3, 0.4) is 0 Å². The first kappa shape index (κ1) is 16.9. The van der Waals surface area contributed by atoms with E-state index in [-0.39, 0.29) is 6.03 Å². The second-order valence-corrected chi connectivity index (χ2v) is 4.96. The molecule has 0 spiro atoms. The van der Waals surface area contributed by atoms with Gasteiger partial charge in [-0.3, -0.25) is 4.90 Å². The zero-order valence-corrected chi connectivity index (χ0v) is 13.8. The Morgan fingerprint density at radius 3 is 2.30 bits per heavy atom. The highest BCUT2D eigenvalue weighted by Crippen LogP contribution is 2.37. The Morgan fingerprint density at radius 2 is 1.80 bits per heavy atom. The maximum atomic E-state index is 12.1. The first-order chi connectivity index (χ1) is 9.56. The molecular formula is C15H20Cl2N2O. The molecule has 0 bridgehead atoms. The lowest BCUT2D eigenvalue weighted by molar-refractivity contribution is 0.247. The highest BCUT2D eigenvalue weighted by Gasteiger charge is 2.28. The van der Waals surface area contributed by atoms with Crippen LogP contribution in [0.5, 0.6) is 0 Å². The number of benzene rings is 1. The molecule has 2 rings (SSSR count). The Morgan fingerprint density at radius 1 is 1.25 bits per heavy atom. The monoisotopic (exact) mass is 314 g/mol. The number of amides is 2. The van der Waals surface area contributed by atoms with E-state index in [0.29, 0.717) is 22.3 Å². The third kappa shape index (κ3) is 3.28.